The van der Waals surface area contributed by atoms with Gasteiger partial charge in [-0.1, -0.05) is 27.5 Å². The molecule has 4 N–H and O–H groups in total. The van der Waals surface area contributed by atoms with Crippen molar-refractivity contribution in [3.05, 3.63) is 33.3 Å². The van der Waals surface area contributed by atoms with Crippen molar-refractivity contribution in [3.8, 4) is 0 Å². The molecule has 1 aromatic rings. The number of amides is 1. The first-order valence-corrected chi connectivity index (χ1v) is 8.27. The molecule has 114 valence electrons. The number of carbonyl (C=O) groups is 1. The van der Waals surface area contributed by atoms with Crippen LogP contribution in [0.15, 0.2) is 22.7 Å². The van der Waals surface area contributed by atoms with Crippen molar-refractivity contribution in [2.45, 2.75) is 25.0 Å². The van der Waals surface area contributed by atoms with Gasteiger partial charge in [0.1, 0.15) is 0 Å². The number of hydrogen-bond acceptors (Lipinski definition) is 4. The monoisotopic (exact) mass is 372 g/mol. The highest BCUT2D eigenvalue weighted by atomic mass is 79.9. The molecule has 2 fully saturated rings. The lowest BCUT2D eigenvalue weighted by atomic mass is 10.0. The molecule has 3 atom stereocenters. The van der Waals surface area contributed by atoms with E-state index in [9.17, 15) is 4.79 Å². The number of halogens is 2. The molecule has 2 saturated heterocycles. The fourth-order valence-corrected chi connectivity index (χ4v) is 3.43. The summed E-state index contributed by atoms with van der Waals surface area (Å²) >= 11 is 9.71. The second-order valence-electron chi connectivity index (χ2n) is 5.49. The number of carbonyl (C=O) groups excluding carboxylic acids is 1. The first-order chi connectivity index (χ1) is 10.1. The van der Waals surface area contributed by atoms with Crippen molar-refractivity contribution in [2.24, 2.45) is 5.92 Å². The first kappa shape index (κ1) is 15.2. The Kier molecular flexibility index (Phi) is 4.81. The predicted octanol–water partition coefficient (Wildman–Crippen LogP) is 1.69. The molecule has 7 heteroatoms. The number of hydrazine groups is 1. The molecule has 21 heavy (non-hydrogen) atoms. The average Bonchev–Trinajstić information content (AvgIpc) is 3.12. The van der Waals surface area contributed by atoms with Gasteiger partial charge in [-0.15, -0.1) is 0 Å². The summed E-state index contributed by atoms with van der Waals surface area (Å²) < 4.78 is 0.994. The molecule has 1 amide bonds. The number of benzene rings is 1. The maximum Gasteiger partial charge on any atom is 0.225 e. The van der Waals surface area contributed by atoms with E-state index in [1.54, 1.807) is 0 Å². The lowest BCUT2D eigenvalue weighted by Gasteiger charge is -2.15. The summed E-state index contributed by atoms with van der Waals surface area (Å²) in [7, 11) is 0. The molecule has 0 aliphatic carbocycles. The lowest BCUT2D eigenvalue weighted by molar-refractivity contribution is -0.125. The third-order valence-corrected chi connectivity index (χ3v) is 4.82. The van der Waals surface area contributed by atoms with Gasteiger partial charge < -0.3 is 10.6 Å². The van der Waals surface area contributed by atoms with Gasteiger partial charge in [0, 0.05) is 22.5 Å². The molecular weight excluding hydrogens is 356 g/mol. The Labute approximate surface area is 137 Å². The second kappa shape index (κ2) is 6.62. The predicted molar refractivity (Wildman–Crippen MR) is 85.7 cm³/mol. The molecule has 0 radical (unpaired) electrons. The SMILES string of the molecule is O=C(NC1CC(c2cc(Br)ccc2Cl)NN1)C1CCNC1. The molecule has 0 aromatic heterocycles. The van der Waals surface area contributed by atoms with Gasteiger partial charge in [0.2, 0.25) is 5.91 Å². The summed E-state index contributed by atoms with van der Waals surface area (Å²) in [5.74, 6) is 0.195. The van der Waals surface area contributed by atoms with Crippen LogP contribution in [-0.4, -0.2) is 25.2 Å². The Hall–Kier alpha value is -0.660. The van der Waals surface area contributed by atoms with Gasteiger partial charge >= 0.3 is 0 Å². The minimum atomic E-state index is -0.0712. The van der Waals surface area contributed by atoms with E-state index in [2.05, 4.69) is 37.4 Å². The molecule has 2 aliphatic heterocycles. The molecule has 3 unspecified atom stereocenters. The second-order valence-corrected chi connectivity index (χ2v) is 6.82. The van der Waals surface area contributed by atoms with Crippen LogP contribution in [0.3, 0.4) is 0 Å². The van der Waals surface area contributed by atoms with E-state index < -0.39 is 0 Å². The minimum absolute atomic E-state index is 0.0712. The quantitative estimate of drug-likeness (QED) is 0.651. The van der Waals surface area contributed by atoms with E-state index in [0.717, 1.165) is 41.0 Å². The van der Waals surface area contributed by atoms with Crippen molar-refractivity contribution >= 4 is 33.4 Å². The number of nitrogens with one attached hydrogen (secondary N) is 4. The van der Waals surface area contributed by atoms with E-state index in [-0.39, 0.29) is 24.0 Å². The maximum atomic E-state index is 12.1. The normalized spacial score (nSPS) is 28.8. The largest absolute Gasteiger partial charge is 0.339 e. The van der Waals surface area contributed by atoms with Crippen molar-refractivity contribution < 1.29 is 4.79 Å². The molecule has 0 spiro atoms. The Bertz CT molecular complexity index is 536. The van der Waals surface area contributed by atoms with Gasteiger partial charge in [0.25, 0.3) is 0 Å². The zero-order chi connectivity index (χ0) is 14.8. The van der Waals surface area contributed by atoms with E-state index in [4.69, 9.17) is 11.6 Å². The summed E-state index contributed by atoms with van der Waals surface area (Å²) in [6.07, 6.45) is 1.60. The zero-order valence-electron chi connectivity index (χ0n) is 11.5. The van der Waals surface area contributed by atoms with Crippen molar-refractivity contribution in [1.82, 2.24) is 21.5 Å². The van der Waals surface area contributed by atoms with E-state index in [1.807, 2.05) is 18.2 Å². The van der Waals surface area contributed by atoms with Crippen LogP contribution in [0.2, 0.25) is 5.02 Å². The Morgan fingerprint density at radius 3 is 3.00 bits per heavy atom. The highest BCUT2D eigenvalue weighted by Gasteiger charge is 2.30. The van der Waals surface area contributed by atoms with Crippen LogP contribution >= 0.6 is 27.5 Å². The highest BCUT2D eigenvalue weighted by molar-refractivity contribution is 9.10. The number of rotatable bonds is 3. The van der Waals surface area contributed by atoms with E-state index in [1.165, 1.54) is 0 Å². The molecular formula is C14H18BrClN4O. The third-order valence-electron chi connectivity index (χ3n) is 3.98. The van der Waals surface area contributed by atoms with Gasteiger partial charge in [0.15, 0.2) is 0 Å². The van der Waals surface area contributed by atoms with Crippen LogP contribution in [-0.2, 0) is 4.79 Å². The van der Waals surface area contributed by atoms with Gasteiger partial charge in [-0.3, -0.25) is 4.79 Å². The van der Waals surface area contributed by atoms with Gasteiger partial charge in [-0.2, -0.15) is 0 Å². The Balaban J connectivity index is 1.60. The molecule has 0 bridgehead atoms. The molecule has 2 aliphatic rings. The summed E-state index contributed by atoms with van der Waals surface area (Å²) in [5, 5.41) is 6.98. The van der Waals surface area contributed by atoms with Gasteiger partial charge in [-0.05, 0) is 36.7 Å². The Morgan fingerprint density at radius 2 is 2.24 bits per heavy atom. The van der Waals surface area contributed by atoms with Crippen molar-refractivity contribution in [1.29, 1.82) is 0 Å². The molecule has 5 nitrogen and oxygen atoms in total. The third kappa shape index (κ3) is 3.57. The highest BCUT2D eigenvalue weighted by Crippen LogP contribution is 2.30. The Morgan fingerprint density at radius 1 is 1.38 bits per heavy atom. The molecule has 0 saturated carbocycles. The summed E-state index contributed by atoms with van der Waals surface area (Å²) in [4.78, 5) is 12.1. The first-order valence-electron chi connectivity index (χ1n) is 7.10. The van der Waals surface area contributed by atoms with Crippen LogP contribution in [0.5, 0.6) is 0 Å². The van der Waals surface area contributed by atoms with Crippen LogP contribution < -0.4 is 21.5 Å². The molecule has 1 aromatic carbocycles. The van der Waals surface area contributed by atoms with Crippen LogP contribution in [0.25, 0.3) is 0 Å². The van der Waals surface area contributed by atoms with E-state index in [0.29, 0.717) is 0 Å². The van der Waals surface area contributed by atoms with Gasteiger partial charge in [0.05, 0.1) is 18.1 Å². The molecule has 2 heterocycles. The number of hydrogen-bond donors (Lipinski definition) is 4. The molecule has 3 rings (SSSR count). The summed E-state index contributed by atoms with van der Waals surface area (Å²) in [5.41, 5.74) is 7.36. The smallest absolute Gasteiger partial charge is 0.225 e. The minimum Gasteiger partial charge on any atom is -0.339 e. The average molecular weight is 374 g/mol. The van der Waals surface area contributed by atoms with E-state index >= 15 is 0 Å². The van der Waals surface area contributed by atoms with Crippen LogP contribution in [0.4, 0.5) is 0 Å². The zero-order valence-corrected chi connectivity index (χ0v) is 13.8. The maximum absolute atomic E-state index is 12.1. The van der Waals surface area contributed by atoms with Gasteiger partial charge in [-0.25, -0.2) is 10.9 Å². The standard InChI is InChI=1S/C14H18BrClN4O/c15-9-1-2-11(16)10(5-9)12-6-13(20-19-12)18-14(21)8-3-4-17-7-8/h1-2,5,8,12-13,17,19-20H,3-4,6-7H2,(H,18,21). The fourth-order valence-electron chi connectivity index (χ4n) is 2.80. The summed E-state index contributed by atoms with van der Waals surface area (Å²) in [6.45, 7) is 1.69. The fraction of sp³-hybridized carbons (Fsp3) is 0.500. The van der Waals surface area contributed by atoms with Crippen LogP contribution in [0, 0.1) is 5.92 Å². The van der Waals surface area contributed by atoms with Crippen molar-refractivity contribution in [3.63, 3.8) is 0 Å². The van der Waals surface area contributed by atoms with Crippen molar-refractivity contribution in [2.75, 3.05) is 13.1 Å². The summed E-state index contributed by atoms with van der Waals surface area (Å²) in [6, 6.07) is 5.88. The lowest BCUT2D eigenvalue weighted by Crippen LogP contribution is -2.46. The van der Waals surface area contributed by atoms with Crippen LogP contribution in [0.1, 0.15) is 24.4 Å². The topological polar surface area (TPSA) is 65.2 Å².